The summed E-state index contributed by atoms with van der Waals surface area (Å²) in [6.45, 7) is 3.07. The summed E-state index contributed by atoms with van der Waals surface area (Å²) in [6.07, 6.45) is 2.39. The summed E-state index contributed by atoms with van der Waals surface area (Å²) in [4.78, 5) is 2.26. The van der Waals surface area contributed by atoms with Crippen LogP contribution in [0.4, 0.5) is 0 Å². The molecule has 1 saturated heterocycles. The molecule has 6 heteroatoms. The van der Waals surface area contributed by atoms with Crippen molar-refractivity contribution >= 4 is 23.2 Å². The molecule has 2 rings (SSSR count). The van der Waals surface area contributed by atoms with E-state index >= 15 is 0 Å². The minimum atomic E-state index is -0.331. The highest BCUT2D eigenvalue weighted by atomic mass is 35.5. The fourth-order valence-corrected chi connectivity index (χ4v) is 2.82. The Bertz CT molecular complexity index is 451. The summed E-state index contributed by atoms with van der Waals surface area (Å²) >= 11 is 11.9. The zero-order valence-electron chi connectivity index (χ0n) is 12.0. The van der Waals surface area contributed by atoms with Gasteiger partial charge in [0.05, 0.1) is 16.1 Å². The first-order valence-electron chi connectivity index (χ1n) is 7.30. The van der Waals surface area contributed by atoms with Crippen LogP contribution in [0.25, 0.3) is 0 Å². The molecule has 0 aromatic heterocycles. The van der Waals surface area contributed by atoms with Crippen molar-refractivity contribution in [1.29, 1.82) is 0 Å². The van der Waals surface area contributed by atoms with Gasteiger partial charge >= 0.3 is 0 Å². The molecule has 1 fully saturated rings. The molecular weight excluding hydrogens is 311 g/mol. The van der Waals surface area contributed by atoms with Crippen molar-refractivity contribution in [3.63, 3.8) is 0 Å². The monoisotopic (exact) mass is 332 g/mol. The number of rotatable bonds is 6. The molecule has 0 spiro atoms. The van der Waals surface area contributed by atoms with Gasteiger partial charge in [-0.05, 0) is 37.9 Å². The van der Waals surface area contributed by atoms with Crippen molar-refractivity contribution in [2.24, 2.45) is 5.73 Å². The highest BCUT2D eigenvalue weighted by molar-refractivity contribution is 6.42. The Balaban J connectivity index is 1.77. The van der Waals surface area contributed by atoms with Gasteiger partial charge in [0.1, 0.15) is 11.9 Å². The van der Waals surface area contributed by atoms with Crippen molar-refractivity contribution < 1.29 is 9.84 Å². The topological polar surface area (TPSA) is 58.7 Å². The van der Waals surface area contributed by atoms with Gasteiger partial charge in [-0.2, -0.15) is 0 Å². The van der Waals surface area contributed by atoms with E-state index in [-0.39, 0.29) is 12.2 Å². The lowest BCUT2D eigenvalue weighted by atomic mass is 10.1. The summed E-state index contributed by atoms with van der Waals surface area (Å²) in [6, 6.07) is 5.34. The molecule has 3 N–H and O–H groups in total. The third kappa shape index (κ3) is 5.31. The third-order valence-corrected chi connectivity index (χ3v) is 4.44. The van der Waals surface area contributed by atoms with Gasteiger partial charge in [-0.3, -0.25) is 0 Å². The van der Waals surface area contributed by atoms with Crippen molar-refractivity contribution in [2.75, 3.05) is 26.2 Å². The maximum atomic E-state index is 9.78. The second-order valence-corrected chi connectivity index (χ2v) is 6.24. The smallest absolute Gasteiger partial charge is 0.121 e. The number of halogens is 2. The zero-order chi connectivity index (χ0) is 15.2. The molecule has 0 saturated carbocycles. The summed E-state index contributed by atoms with van der Waals surface area (Å²) in [5.74, 6) is 0.756. The van der Waals surface area contributed by atoms with E-state index in [0.29, 0.717) is 29.6 Å². The fraction of sp³-hybridized carbons (Fsp3) is 0.600. The van der Waals surface area contributed by atoms with E-state index in [9.17, 15) is 5.11 Å². The summed E-state index contributed by atoms with van der Waals surface area (Å²) in [7, 11) is 0. The molecule has 1 unspecified atom stereocenters. The highest BCUT2D eigenvalue weighted by Crippen LogP contribution is 2.28. The Labute approximate surface area is 135 Å². The molecule has 0 radical (unpaired) electrons. The van der Waals surface area contributed by atoms with Gasteiger partial charge in [0.2, 0.25) is 0 Å². The fourth-order valence-electron chi connectivity index (χ4n) is 2.53. The Kier molecular flexibility index (Phi) is 6.58. The summed E-state index contributed by atoms with van der Waals surface area (Å²) < 4.78 is 5.94. The van der Waals surface area contributed by atoms with E-state index in [1.54, 1.807) is 12.1 Å². The second kappa shape index (κ2) is 8.20. The van der Waals surface area contributed by atoms with Crippen LogP contribution in [-0.4, -0.2) is 48.4 Å². The van der Waals surface area contributed by atoms with Crippen LogP contribution in [0.1, 0.15) is 19.3 Å². The quantitative estimate of drug-likeness (QED) is 0.840. The van der Waals surface area contributed by atoms with Crippen LogP contribution in [0.2, 0.25) is 10.0 Å². The van der Waals surface area contributed by atoms with Crippen LogP contribution >= 0.6 is 23.2 Å². The van der Waals surface area contributed by atoms with Gasteiger partial charge in [0, 0.05) is 25.7 Å². The Hall–Kier alpha value is -0.520. The van der Waals surface area contributed by atoms with Gasteiger partial charge in [-0.15, -0.1) is 0 Å². The zero-order valence-corrected chi connectivity index (χ0v) is 13.5. The van der Waals surface area contributed by atoms with E-state index in [1.807, 2.05) is 6.07 Å². The number of aliphatic hydroxyl groups excluding tert-OH is 1. The number of likely N-dealkylation sites (tertiary alicyclic amines) is 1. The molecule has 118 valence electrons. The largest absolute Gasteiger partial charge is 0.490 e. The molecule has 0 amide bonds. The Morgan fingerprint density at radius 2 is 2.00 bits per heavy atom. The molecule has 1 atom stereocenters. The number of nitrogens with two attached hydrogens (primary N) is 1. The van der Waals surface area contributed by atoms with Gasteiger partial charge < -0.3 is 20.5 Å². The van der Waals surface area contributed by atoms with E-state index in [4.69, 9.17) is 33.7 Å². The first kappa shape index (κ1) is 16.8. The number of piperidine rings is 1. The normalized spacial score (nSPS) is 18.7. The number of nitrogens with zero attached hydrogens (tertiary/aromatic N) is 1. The van der Waals surface area contributed by atoms with Crippen LogP contribution in [0.15, 0.2) is 18.2 Å². The number of ether oxygens (including phenoxy) is 1. The number of benzene rings is 1. The van der Waals surface area contributed by atoms with Gasteiger partial charge in [-0.1, -0.05) is 23.2 Å². The van der Waals surface area contributed by atoms with Crippen LogP contribution in [0, 0.1) is 0 Å². The average molecular weight is 333 g/mol. The van der Waals surface area contributed by atoms with Crippen LogP contribution in [-0.2, 0) is 0 Å². The molecule has 4 nitrogen and oxygen atoms in total. The standard InChI is InChI=1S/C15H22Cl2N2O2/c16-14-2-1-13(9-15(14)17)21-12-4-7-19(8-5-12)10-11(20)3-6-18/h1-2,9,11-12,20H,3-8,10,18H2. The van der Waals surface area contributed by atoms with Crippen molar-refractivity contribution in [3.8, 4) is 5.75 Å². The minimum Gasteiger partial charge on any atom is -0.490 e. The lowest BCUT2D eigenvalue weighted by molar-refractivity contribution is 0.0591. The van der Waals surface area contributed by atoms with Gasteiger partial charge in [0.25, 0.3) is 0 Å². The molecule has 0 aliphatic carbocycles. The Morgan fingerprint density at radius 1 is 1.29 bits per heavy atom. The average Bonchev–Trinajstić information content (AvgIpc) is 2.45. The molecule has 1 aliphatic heterocycles. The Morgan fingerprint density at radius 3 is 2.62 bits per heavy atom. The van der Waals surface area contributed by atoms with E-state index in [0.717, 1.165) is 31.7 Å². The minimum absolute atomic E-state index is 0.185. The maximum Gasteiger partial charge on any atom is 0.121 e. The lowest BCUT2D eigenvalue weighted by Crippen LogP contribution is -2.42. The lowest BCUT2D eigenvalue weighted by Gasteiger charge is -2.33. The highest BCUT2D eigenvalue weighted by Gasteiger charge is 2.22. The molecule has 1 aromatic rings. The molecular formula is C15H22Cl2N2O2. The molecule has 1 aliphatic rings. The van der Waals surface area contributed by atoms with E-state index in [1.165, 1.54) is 0 Å². The van der Waals surface area contributed by atoms with Gasteiger partial charge in [-0.25, -0.2) is 0 Å². The SMILES string of the molecule is NCCC(O)CN1CCC(Oc2ccc(Cl)c(Cl)c2)CC1. The van der Waals surface area contributed by atoms with E-state index < -0.39 is 0 Å². The third-order valence-electron chi connectivity index (χ3n) is 3.70. The van der Waals surface area contributed by atoms with Crippen LogP contribution < -0.4 is 10.5 Å². The first-order chi connectivity index (χ1) is 10.1. The van der Waals surface area contributed by atoms with Crippen molar-refractivity contribution in [2.45, 2.75) is 31.5 Å². The van der Waals surface area contributed by atoms with Crippen molar-refractivity contribution in [1.82, 2.24) is 4.90 Å². The molecule has 1 aromatic carbocycles. The first-order valence-corrected chi connectivity index (χ1v) is 8.06. The predicted molar refractivity (Wildman–Crippen MR) is 86.2 cm³/mol. The molecule has 21 heavy (non-hydrogen) atoms. The summed E-state index contributed by atoms with van der Waals surface area (Å²) in [5.41, 5.74) is 5.45. The van der Waals surface area contributed by atoms with Crippen molar-refractivity contribution in [3.05, 3.63) is 28.2 Å². The van der Waals surface area contributed by atoms with Gasteiger partial charge in [0.15, 0.2) is 0 Å². The molecule has 0 bridgehead atoms. The number of aliphatic hydroxyl groups is 1. The second-order valence-electron chi connectivity index (χ2n) is 5.42. The van der Waals surface area contributed by atoms with E-state index in [2.05, 4.69) is 4.90 Å². The number of hydrogen-bond acceptors (Lipinski definition) is 4. The van der Waals surface area contributed by atoms with Crippen LogP contribution in [0.3, 0.4) is 0 Å². The predicted octanol–water partition coefficient (Wildman–Crippen LogP) is 2.55. The maximum absolute atomic E-state index is 9.78. The number of β-amino-alcohol motifs (C(OH)–C–C–N with tert-alkyl or cyclic N) is 1. The number of hydrogen-bond donors (Lipinski definition) is 2. The van der Waals surface area contributed by atoms with Crippen LogP contribution in [0.5, 0.6) is 5.75 Å². The summed E-state index contributed by atoms with van der Waals surface area (Å²) in [5, 5.41) is 10.8. The molecule has 1 heterocycles.